The van der Waals surface area contributed by atoms with Crippen LogP contribution < -0.4 is 0 Å². The van der Waals surface area contributed by atoms with E-state index in [1.807, 2.05) is 6.26 Å². The van der Waals surface area contributed by atoms with Crippen LogP contribution in [-0.2, 0) is 12.4 Å². The fourth-order valence-corrected chi connectivity index (χ4v) is 3.30. The van der Waals surface area contributed by atoms with Crippen LogP contribution in [0.25, 0.3) is 11.0 Å². The second-order valence-electron chi connectivity index (χ2n) is 4.86. The van der Waals surface area contributed by atoms with E-state index >= 15 is 0 Å². The number of aromatic nitrogens is 2. The maximum Gasteiger partial charge on any atom is 0.184 e. The standard InChI is InChI=1S/C13H13ClF2N2S/c1-19-13(4-5-13)7-18-10(6-14)17-9-3-2-8(15)11(16)12(9)18/h2-3H,4-7H2,1H3. The Bertz CT molecular complexity index is 637. The zero-order valence-corrected chi connectivity index (χ0v) is 12.0. The second kappa shape index (κ2) is 4.63. The van der Waals surface area contributed by atoms with Gasteiger partial charge in [-0.1, -0.05) is 0 Å². The molecule has 0 spiro atoms. The molecule has 1 heterocycles. The lowest BCUT2D eigenvalue weighted by Gasteiger charge is -2.15. The van der Waals surface area contributed by atoms with E-state index in [4.69, 9.17) is 11.6 Å². The minimum absolute atomic E-state index is 0.132. The van der Waals surface area contributed by atoms with Gasteiger partial charge in [-0.15, -0.1) is 11.6 Å². The monoisotopic (exact) mass is 302 g/mol. The molecule has 0 atom stereocenters. The zero-order chi connectivity index (χ0) is 13.6. The molecule has 0 bridgehead atoms. The molecule has 0 saturated heterocycles. The molecule has 1 saturated carbocycles. The summed E-state index contributed by atoms with van der Waals surface area (Å²) in [4.78, 5) is 4.29. The van der Waals surface area contributed by atoms with E-state index in [0.29, 0.717) is 17.9 Å². The molecule has 19 heavy (non-hydrogen) atoms. The van der Waals surface area contributed by atoms with E-state index in [1.165, 1.54) is 6.07 Å². The molecular formula is C13H13ClF2N2S. The van der Waals surface area contributed by atoms with Crippen molar-refractivity contribution >= 4 is 34.4 Å². The molecule has 0 aliphatic heterocycles. The predicted molar refractivity (Wildman–Crippen MR) is 74.7 cm³/mol. The molecule has 102 valence electrons. The Labute approximate surface area is 119 Å². The van der Waals surface area contributed by atoms with Gasteiger partial charge in [-0.05, 0) is 31.2 Å². The highest BCUT2D eigenvalue weighted by atomic mass is 35.5. The lowest BCUT2D eigenvalue weighted by Crippen LogP contribution is -2.16. The Hall–Kier alpha value is -0.810. The molecule has 0 N–H and O–H groups in total. The summed E-state index contributed by atoms with van der Waals surface area (Å²) in [6, 6.07) is 2.60. The first-order valence-electron chi connectivity index (χ1n) is 6.04. The first-order valence-corrected chi connectivity index (χ1v) is 7.80. The van der Waals surface area contributed by atoms with Crippen molar-refractivity contribution in [3.8, 4) is 0 Å². The Morgan fingerprint density at radius 2 is 2.16 bits per heavy atom. The molecular weight excluding hydrogens is 290 g/mol. The molecule has 0 amide bonds. The fourth-order valence-electron chi connectivity index (χ4n) is 2.33. The van der Waals surface area contributed by atoms with E-state index < -0.39 is 11.6 Å². The van der Waals surface area contributed by atoms with Crippen LogP contribution in [0.3, 0.4) is 0 Å². The van der Waals surface area contributed by atoms with Crippen LogP contribution >= 0.6 is 23.4 Å². The van der Waals surface area contributed by atoms with Crippen molar-refractivity contribution in [1.29, 1.82) is 0 Å². The van der Waals surface area contributed by atoms with E-state index in [9.17, 15) is 8.78 Å². The molecule has 1 aromatic carbocycles. The van der Waals surface area contributed by atoms with Gasteiger partial charge in [0.1, 0.15) is 11.3 Å². The smallest absolute Gasteiger partial charge is 0.184 e. The summed E-state index contributed by atoms with van der Waals surface area (Å²) < 4.78 is 29.3. The van der Waals surface area contributed by atoms with Gasteiger partial charge in [0.25, 0.3) is 0 Å². The Morgan fingerprint density at radius 3 is 2.74 bits per heavy atom. The molecule has 0 radical (unpaired) electrons. The lowest BCUT2D eigenvalue weighted by molar-refractivity contribution is 0.509. The van der Waals surface area contributed by atoms with Crippen LogP contribution in [0.1, 0.15) is 18.7 Å². The number of hydrogen-bond donors (Lipinski definition) is 0. The predicted octanol–water partition coefficient (Wildman–Crippen LogP) is 3.95. The van der Waals surface area contributed by atoms with Gasteiger partial charge in [0.15, 0.2) is 11.6 Å². The van der Waals surface area contributed by atoms with Gasteiger partial charge in [-0.2, -0.15) is 11.8 Å². The van der Waals surface area contributed by atoms with Crippen LogP contribution in [0.15, 0.2) is 12.1 Å². The van der Waals surface area contributed by atoms with Gasteiger partial charge in [-0.25, -0.2) is 13.8 Å². The minimum Gasteiger partial charge on any atom is -0.323 e. The van der Waals surface area contributed by atoms with Gasteiger partial charge >= 0.3 is 0 Å². The van der Waals surface area contributed by atoms with Crippen molar-refractivity contribution in [3.63, 3.8) is 0 Å². The number of alkyl halides is 1. The molecule has 2 aromatic rings. The van der Waals surface area contributed by atoms with Crippen LogP contribution in [0, 0.1) is 11.6 Å². The van der Waals surface area contributed by atoms with Crippen LogP contribution in [-0.4, -0.2) is 20.6 Å². The van der Waals surface area contributed by atoms with E-state index in [2.05, 4.69) is 4.98 Å². The molecule has 1 aromatic heterocycles. The number of imidazole rings is 1. The number of thioether (sulfide) groups is 1. The number of rotatable bonds is 4. The van der Waals surface area contributed by atoms with Crippen LogP contribution in [0.4, 0.5) is 8.78 Å². The van der Waals surface area contributed by atoms with Gasteiger partial charge in [0.05, 0.1) is 11.4 Å². The highest BCUT2D eigenvalue weighted by Crippen LogP contribution is 2.49. The summed E-state index contributed by atoms with van der Waals surface area (Å²) >= 11 is 7.65. The van der Waals surface area contributed by atoms with Crippen LogP contribution in [0.2, 0.25) is 0 Å². The fraction of sp³-hybridized carbons (Fsp3) is 0.462. The zero-order valence-electron chi connectivity index (χ0n) is 10.4. The molecule has 6 heteroatoms. The summed E-state index contributed by atoms with van der Waals surface area (Å²) in [6.45, 7) is 0.632. The number of halogens is 3. The van der Waals surface area contributed by atoms with Gasteiger partial charge < -0.3 is 4.57 Å². The van der Waals surface area contributed by atoms with E-state index in [0.717, 1.165) is 18.9 Å². The number of fused-ring (bicyclic) bond motifs is 1. The largest absolute Gasteiger partial charge is 0.323 e. The summed E-state index contributed by atoms with van der Waals surface area (Å²) in [5.41, 5.74) is 0.697. The first-order chi connectivity index (χ1) is 9.10. The quantitative estimate of drug-likeness (QED) is 0.796. The number of hydrogen-bond acceptors (Lipinski definition) is 2. The third-order valence-corrected chi connectivity index (χ3v) is 5.33. The molecule has 1 aliphatic carbocycles. The molecule has 1 fully saturated rings. The lowest BCUT2D eigenvalue weighted by atomic mass is 10.3. The highest BCUT2D eigenvalue weighted by molar-refractivity contribution is 8.00. The third kappa shape index (κ3) is 2.13. The van der Waals surface area contributed by atoms with E-state index in [1.54, 1.807) is 16.3 Å². The van der Waals surface area contributed by atoms with E-state index in [-0.39, 0.29) is 16.1 Å². The Kier molecular flexibility index (Phi) is 3.21. The summed E-state index contributed by atoms with van der Waals surface area (Å²) in [6.07, 6.45) is 4.22. The highest BCUT2D eigenvalue weighted by Gasteiger charge is 2.43. The Balaban J connectivity index is 2.17. The van der Waals surface area contributed by atoms with Gasteiger partial charge in [0.2, 0.25) is 0 Å². The maximum absolute atomic E-state index is 14.0. The molecule has 0 unspecified atom stereocenters. The average Bonchev–Trinajstić information content (AvgIpc) is 3.10. The second-order valence-corrected chi connectivity index (χ2v) is 6.41. The van der Waals surface area contributed by atoms with Crippen LogP contribution in [0.5, 0.6) is 0 Å². The molecule has 2 nitrogen and oxygen atoms in total. The van der Waals surface area contributed by atoms with Gasteiger partial charge in [-0.3, -0.25) is 0 Å². The van der Waals surface area contributed by atoms with Gasteiger partial charge in [0, 0.05) is 11.3 Å². The summed E-state index contributed by atoms with van der Waals surface area (Å²) in [7, 11) is 0. The van der Waals surface area contributed by atoms with Crippen molar-refractivity contribution in [1.82, 2.24) is 9.55 Å². The summed E-state index contributed by atoms with van der Waals surface area (Å²) in [5, 5.41) is 0. The minimum atomic E-state index is -0.844. The molecule has 3 rings (SSSR count). The number of benzene rings is 1. The SMILES string of the molecule is CSC1(Cn2c(CCl)nc3ccc(F)c(F)c32)CC1. The van der Waals surface area contributed by atoms with Crippen molar-refractivity contribution < 1.29 is 8.78 Å². The maximum atomic E-state index is 14.0. The Morgan fingerprint density at radius 1 is 1.42 bits per heavy atom. The summed E-state index contributed by atoms with van der Waals surface area (Å²) in [5.74, 6) is -0.885. The molecule has 1 aliphatic rings. The van der Waals surface area contributed by atoms with Crippen molar-refractivity contribution in [2.45, 2.75) is 30.0 Å². The van der Waals surface area contributed by atoms with Crippen molar-refractivity contribution in [3.05, 3.63) is 29.6 Å². The average molecular weight is 303 g/mol. The third-order valence-electron chi connectivity index (χ3n) is 3.69. The number of nitrogens with zero attached hydrogens (tertiary/aromatic N) is 2. The normalized spacial score (nSPS) is 17.1. The van der Waals surface area contributed by atoms with Crippen molar-refractivity contribution in [2.75, 3.05) is 6.26 Å². The topological polar surface area (TPSA) is 17.8 Å². The first kappa shape index (κ1) is 13.2. The van der Waals surface area contributed by atoms with Crippen molar-refractivity contribution in [2.24, 2.45) is 0 Å².